The zero-order valence-corrected chi connectivity index (χ0v) is 16.2. The number of hydrogen-bond donors (Lipinski definition) is 0. The summed E-state index contributed by atoms with van der Waals surface area (Å²) in [6.45, 7) is 4.62. The molecule has 3 heterocycles. The van der Waals surface area contributed by atoms with E-state index in [0.29, 0.717) is 13.0 Å². The molecule has 0 radical (unpaired) electrons. The number of ether oxygens (including phenoxy) is 1. The molecule has 1 aromatic rings. The summed E-state index contributed by atoms with van der Waals surface area (Å²) in [5, 5.41) is 0.244. The summed E-state index contributed by atoms with van der Waals surface area (Å²) in [7, 11) is 3.30. The number of rotatable bonds is 0. The van der Waals surface area contributed by atoms with Gasteiger partial charge >= 0.3 is 0 Å². The van der Waals surface area contributed by atoms with Crippen LogP contribution in [-0.2, 0) is 20.7 Å². The molecule has 0 aromatic heterocycles. The summed E-state index contributed by atoms with van der Waals surface area (Å²) in [6.07, 6.45) is 0.129. The maximum absolute atomic E-state index is 13.5. The van der Waals surface area contributed by atoms with Gasteiger partial charge in [0.1, 0.15) is 0 Å². The minimum atomic E-state index is -1.22. The van der Waals surface area contributed by atoms with Crippen molar-refractivity contribution in [1.29, 1.82) is 0 Å². The second kappa shape index (κ2) is 5.76. The Kier molecular flexibility index (Phi) is 3.86. The van der Waals surface area contributed by atoms with Gasteiger partial charge in [-0.3, -0.25) is 19.4 Å². The van der Waals surface area contributed by atoms with E-state index in [9.17, 15) is 9.59 Å². The number of amides is 2. The van der Waals surface area contributed by atoms with Crippen LogP contribution in [0.25, 0.3) is 0 Å². The van der Waals surface area contributed by atoms with Crippen molar-refractivity contribution < 1.29 is 14.3 Å². The average molecular weight is 373 g/mol. The predicted octanol–water partition coefficient (Wildman–Crippen LogP) is 1.43. The maximum atomic E-state index is 13.5. The Morgan fingerprint density at radius 2 is 1.73 bits per heavy atom. The highest BCUT2D eigenvalue weighted by atomic mass is 32.1. The molecule has 0 aliphatic carbocycles. The Morgan fingerprint density at radius 1 is 1.12 bits per heavy atom. The first-order chi connectivity index (χ1) is 12.3. The van der Waals surface area contributed by atoms with E-state index in [0.717, 1.165) is 11.3 Å². The predicted molar refractivity (Wildman–Crippen MR) is 102 cm³/mol. The average Bonchev–Trinajstić information content (AvgIpc) is 2.62. The van der Waals surface area contributed by atoms with Gasteiger partial charge in [-0.15, -0.1) is 0 Å². The molecule has 1 aromatic carbocycles. The van der Waals surface area contributed by atoms with Crippen molar-refractivity contribution in [2.45, 2.75) is 38.5 Å². The second-order valence-electron chi connectivity index (χ2n) is 7.54. The highest BCUT2D eigenvalue weighted by molar-refractivity contribution is 7.80. The molecule has 138 valence electrons. The number of morpholine rings is 1. The number of nitrogens with zero attached hydrogens (tertiary/aromatic N) is 3. The standard InChI is InChI=1S/C19H23N3O3S/c1-11-10-22-14-8-6-5-7-13(14)9-19(15(22)12(2)25-11)16(23)20(3)18(26)21(4)17(19)24/h5-8,11-12,15H,9-10H2,1-4H3/t11-,12+,15-/m1/s1. The topological polar surface area (TPSA) is 53.1 Å². The van der Waals surface area contributed by atoms with Crippen molar-refractivity contribution in [3.8, 4) is 0 Å². The number of fused-ring (bicyclic) bond motifs is 4. The van der Waals surface area contributed by atoms with Crippen LogP contribution < -0.4 is 4.90 Å². The summed E-state index contributed by atoms with van der Waals surface area (Å²) in [6, 6.07) is 7.66. The maximum Gasteiger partial charge on any atom is 0.246 e. The molecule has 3 aliphatic heterocycles. The van der Waals surface area contributed by atoms with Crippen LogP contribution >= 0.6 is 12.2 Å². The molecule has 6 nitrogen and oxygen atoms in total. The molecule has 26 heavy (non-hydrogen) atoms. The monoisotopic (exact) mass is 373 g/mol. The Morgan fingerprint density at radius 3 is 2.38 bits per heavy atom. The van der Waals surface area contributed by atoms with Gasteiger partial charge in [-0.25, -0.2) is 0 Å². The molecular formula is C19H23N3O3S. The molecule has 0 saturated carbocycles. The fourth-order valence-corrected chi connectivity index (χ4v) is 5.05. The minimum Gasteiger partial charge on any atom is -0.372 e. The minimum absolute atomic E-state index is 0.0230. The number of carbonyl (C=O) groups is 2. The third-order valence-corrected chi connectivity index (χ3v) is 6.45. The van der Waals surface area contributed by atoms with Crippen LogP contribution in [0.1, 0.15) is 19.4 Å². The number of thiocarbonyl (C=S) groups is 1. The zero-order chi connectivity index (χ0) is 18.8. The van der Waals surface area contributed by atoms with Gasteiger partial charge in [-0.1, -0.05) is 18.2 Å². The lowest BCUT2D eigenvalue weighted by atomic mass is 9.66. The summed E-state index contributed by atoms with van der Waals surface area (Å²) in [4.78, 5) is 32.0. The smallest absolute Gasteiger partial charge is 0.246 e. The van der Waals surface area contributed by atoms with E-state index >= 15 is 0 Å². The number of para-hydroxylation sites is 1. The molecule has 2 fully saturated rings. The van der Waals surface area contributed by atoms with Gasteiger partial charge < -0.3 is 9.64 Å². The van der Waals surface area contributed by atoms with E-state index < -0.39 is 5.41 Å². The van der Waals surface area contributed by atoms with Crippen LogP contribution in [0, 0.1) is 5.41 Å². The van der Waals surface area contributed by atoms with E-state index in [4.69, 9.17) is 17.0 Å². The normalized spacial score (nSPS) is 30.5. The van der Waals surface area contributed by atoms with Gasteiger partial charge in [0.05, 0.1) is 18.2 Å². The van der Waals surface area contributed by atoms with E-state index in [1.165, 1.54) is 9.80 Å². The molecule has 2 saturated heterocycles. The summed E-state index contributed by atoms with van der Waals surface area (Å²) >= 11 is 5.30. The Labute approximate surface area is 158 Å². The van der Waals surface area contributed by atoms with E-state index in [1.54, 1.807) is 14.1 Å². The first kappa shape index (κ1) is 17.4. The molecule has 3 atom stereocenters. The summed E-state index contributed by atoms with van der Waals surface area (Å²) in [5.74, 6) is -0.472. The van der Waals surface area contributed by atoms with Crippen LogP contribution in [0.15, 0.2) is 24.3 Å². The van der Waals surface area contributed by atoms with Crippen molar-refractivity contribution in [2.75, 3.05) is 25.5 Å². The molecule has 0 bridgehead atoms. The molecule has 7 heteroatoms. The van der Waals surface area contributed by atoms with Crippen molar-refractivity contribution in [3.63, 3.8) is 0 Å². The molecule has 2 amide bonds. The van der Waals surface area contributed by atoms with Crippen LogP contribution in [0.2, 0.25) is 0 Å². The van der Waals surface area contributed by atoms with E-state index in [2.05, 4.69) is 11.0 Å². The molecular weight excluding hydrogens is 350 g/mol. The highest BCUT2D eigenvalue weighted by Crippen LogP contribution is 2.48. The van der Waals surface area contributed by atoms with Gasteiger partial charge in [-0.05, 0) is 44.1 Å². The second-order valence-corrected chi connectivity index (χ2v) is 7.90. The molecule has 1 spiro atoms. The Balaban J connectivity index is 1.94. The summed E-state index contributed by atoms with van der Waals surface area (Å²) < 4.78 is 6.08. The van der Waals surface area contributed by atoms with Crippen LogP contribution in [-0.4, -0.2) is 65.6 Å². The number of carbonyl (C=O) groups excluding carboxylic acids is 2. The van der Waals surface area contributed by atoms with Crippen molar-refractivity contribution in [3.05, 3.63) is 29.8 Å². The van der Waals surface area contributed by atoms with Crippen molar-refractivity contribution in [1.82, 2.24) is 9.80 Å². The lowest BCUT2D eigenvalue weighted by Gasteiger charge is -2.57. The molecule has 0 unspecified atom stereocenters. The Bertz CT molecular complexity index is 787. The highest BCUT2D eigenvalue weighted by Gasteiger charge is 2.64. The van der Waals surface area contributed by atoms with Crippen LogP contribution in [0.5, 0.6) is 0 Å². The van der Waals surface area contributed by atoms with Gasteiger partial charge in [0.25, 0.3) is 0 Å². The molecule has 3 aliphatic rings. The van der Waals surface area contributed by atoms with Gasteiger partial charge in [0, 0.05) is 26.3 Å². The third-order valence-electron chi connectivity index (χ3n) is 5.90. The fraction of sp³-hybridized carbons (Fsp3) is 0.526. The van der Waals surface area contributed by atoms with Crippen molar-refractivity contribution >= 4 is 34.8 Å². The third kappa shape index (κ3) is 2.10. The van der Waals surface area contributed by atoms with Crippen LogP contribution in [0.3, 0.4) is 0 Å². The quantitative estimate of drug-likeness (QED) is 0.509. The van der Waals surface area contributed by atoms with Gasteiger partial charge in [0.2, 0.25) is 11.8 Å². The molecule has 4 rings (SSSR count). The number of benzene rings is 1. The summed E-state index contributed by atoms with van der Waals surface area (Å²) in [5.41, 5.74) is 0.880. The van der Waals surface area contributed by atoms with E-state index in [-0.39, 0.29) is 35.2 Å². The lowest BCUT2D eigenvalue weighted by molar-refractivity contribution is -0.164. The van der Waals surface area contributed by atoms with Crippen LogP contribution in [0.4, 0.5) is 5.69 Å². The van der Waals surface area contributed by atoms with Crippen molar-refractivity contribution in [2.24, 2.45) is 5.41 Å². The number of hydrogen-bond acceptors (Lipinski definition) is 5. The first-order valence-corrected chi connectivity index (χ1v) is 9.30. The lowest BCUT2D eigenvalue weighted by Crippen LogP contribution is -2.75. The van der Waals surface area contributed by atoms with E-state index in [1.807, 2.05) is 32.0 Å². The fourth-order valence-electron chi connectivity index (χ4n) is 4.88. The van der Waals surface area contributed by atoms with Gasteiger partial charge in [-0.2, -0.15) is 0 Å². The largest absolute Gasteiger partial charge is 0.372 e. The Hall–Kier alpha value is -1.99. The number of anilines is 1. The van der Waals surface area contributed by atoms with Gasteiger partial charge in [0.15, 0.2) is 10.5 Å². The zero-order valence-electron chi connectivity index (χ0n) is 15.4. The molecule has 0 N–H and O–H groups in total. The SMILES string of the molecule is C[C@@H]1CN2c3ccccc3CC3(C(=O)N(C)C(=S)N(C)C3=O)[C@H]2[C@H](C)O1. The first-order valence-electron chi connectivity index (χ1n) is 8.89.